The van der Waals surface area contributed by atoms with Crippen molar-refractivity contribution in [2.24, 2.45) is 5.92 Å². The zero-order valence-corrected chi connectivity index (χ0v) is 12.2. The summed E-state index contributed by atoms with van der Waals surface area (Å²) in [7, 11) is 1.60. The Hall–Kier alpha value is -2.11. The molecular weight excluding hydrogens is 254 g/mol. The molecular formula is C14H21N5O. The van der Waals surface area contributed by atoms with Crippen LogP contribution in [0.1, 0.15) is 26.7 Å². The van der Waals surface area contributed by atoms with E-state index in [2.05, 4.69) is 29.4 Å². The maximum atomic E-state index is 5.83. The maximum absolute atomic E-state index is 5.83. The van der Waals surface area contributed by atoms with Gasteiger partial charge in [-0.2, -0.15) is 0 Å². The topological polar surface area (TPSA) is 78.9 Å². The first kappa shape index (κ1) is 14.3. The summed E-state index contributed by atoms with van der Waals surface area (Å²) in [5.41, 5.74) is 7.35. The molecule has 2 aromatic rings. The Bertz CT molecular complexity index is 562. The molecule has 0 aliphatic heterocycles. The van der Waals surface area contributed by atoms with Gasteiger partial charge >= 0.3 is 0 Å². The summed E-state index contributed by atoms with van der Waals surface area (Å²) >= 11 is 0. The third-order valence-electron chi connectivity index (χ3n) is 3.61. The van der Waals surface area contributed by atoms with Crippen molar-refractivity contribution in [2.45, 2.75) is 33.2 Å². The van der Waals surface area contributed by atoms with Crippen LogP contribution in [0.2, 0.25) is 0 Å². The lowest BCUT2D eigenvalue weighted by molar-refractivity contribution is 0.392. The van der Waals surface area contributed by atoms with Gasteiger partial charge in [0, 0.05) is 12.1 Å². The van der Waals surface area contributed by atoms with Crippen LogP contribution in [0.25, 0.3) is 11.4 Å². The molecule has 0 amide bonds. The molecule has 0 spiro atoms. The SMILES string of the molecule is CCC(CC)Cn1nnnc1-c1ccc(N)c(OC)c1. The molecule has 0 saturated carbocycles. The molecule has 0 saturated heterocycles. The van der Waals surface area contributed by atoms with Crippen molar-refractivity contribution in [3.05, 3.63) is 18.2 Å². The zero-order chi connectivity index (χ0) is 14.5. The fraction of sp³-hybridized carbons (Fsp3) is 0.500. The largest absolute Gasteiger partial charge is 0.495 e. The predicted octanol–water partition coefficient (Wildman–Crippen LogP) is 2.37. The van der Waals surface area contributed by atoms with Crippen molar-refractivity contribution in [3.8, 4) is 17.1 Å². The van der Waals surface area contributed by atoms with Crippen molar-refractivity contribution in [1.29, 1.82) is 0 Å². The van der Waals surface area contributed by atoms with E-state index in [1.165, 1.54) is 0 Å². The monoisotopic (exact) mass is 275 g/mol. The highest BCUT2D eigenvalue weighted by molar-refractivity contribution is 5.65. The van der Waals surface area contributed by atoms with Crippen molar-refractivity contribution < 1.29 is 4.74 Å². The van der Waals surface area contributed by atoms with Crippen molar-refractivity contribution in [1.82, 2.24) is 20.2 Å². The quantitative estimate of drug-likeness (QED) is 0.819. The van der Waals surface area contributed by atoms with Gasteiger partial charge in [-0.1, -0.05) is 26.7 Å². The van der Waals surface area contributed by atoms with Crippen LogP contribution in [-0.4, -0.2) is 27.3 Å². The molecule has 20 heavy (non-hydrogen) atoms. The van der Waals surface area contributed by atoms with Gasteiger partial charge in [0.25, 0.3) is 0 Å². The highest BCUT2D eigenvalue weighted by atomic mass is 16.5. The third kappa shape index (κ3) is 2.89. The molecule has 0 atom stereocenters. The van der Waals surface area contributed by atoms with Gasteiger partial charge in [0.2, 0.25) is 0 Å². The van der Waals surface area contributed by atoms with Crippen LogP contribution in [0.4, 0.5) is 5.69 Å². The second-order valence-corrected chi connectivity index (χ2v) is 4.82. The van der Waals surface area contributed by atoms with Crippen molar-refractivity contribution in [2.75, 3.05) is 12.8 Å². The highest BCUT2D eigenvalue weighted by Crippen LogP contribution is 2.27. The molecule has 0 unspecified atom stereocenters. The number of benzene rings is 1. The number of rotatable bonds is 6. The number of nitrogens with two attached hydrogens (primary N) is 1. The fourth-order valence-electron chi connectivity index (χ4n) is 2.18. The number of anilines is 1. The first-order chi connectivity index (χ1) is 9.69. The Labute approximate surface area is 118 Å². The van der Waals surface area contributed by atoms with Crippen molar-refractivity contribution in [3.63, 3.8) is 0 Å². The molecule has 6 nitrogen and oxygen atoms in total. The van der Waals surface area contributed by atoms with Crippen LogP contribution < -0.4 is 10.5 Å². The molecule has 2 N–H and O–H groups in total. The molecule has 1 aromatic heterocycles. The molecule has 0 radical (unpaired) electrons. The standard InChI is InChI=1S/C14H21N5O/c1-4-10(5-2)9-19-14(16-17-18-19)11-6-7-12(15)13(8-11)20-3/h6-8,10H,4-5,9,15H2,1-3H3. The summed E-state index contributed by atoms with van der Waals surface area (Å²) in [6.07, 6.45) is 2.22. The Morgan fingerprint density at radius 3 is 2.70 bits per heavy atom. The number of ether oxygens (including phenoxy) is 1. The lowest BCUT2D eigenvalue weighted by atomic mass is 10.0. The molecule has 0 bridgehead atoms. The van der Waals surface area contributed by atoms with Gasteiger partial charge < -0.3 is 10.5 Å². The van der Waals surface area contributed by atoms with Gasteiger partial charge in [0.05, 0.1) is 12.8 Å². The van der Waals surface area contributed by atoms with Crippen molar-refractivity contribution >= 4 is 5.69 Å². The molecule has 108 valence electrons. The van der Waals surface area contributed by atoms with Crippen LogP contribution in [-0.2, 0) is 6.54 Å². The highest BCUT2D eigenvalue weighted by Gasteiger charge is 2.14. The number of nitrogen functional groups attached to an aromatic ring is 1. The zero-order valence-electron chi connectivity index (χ0n) is 12.2. The number of hydrogen-bond donors (Lipinski definition) is 1. The average molecular weight is 275 g/mol. The van der Waals surface area contributed by atoms with E-state index in [1.807, 2.05) is 22.9 Å². The third-order valence-corrected chi connectivity index (χ3v) is 3.61. The second-order valence-electron chi connectivity index (χ2n) is 4.82. The van der Waals surface area contributed by atoms with Gasteiger partial charge in [-0.15, -0.1) is 5.10 Å². The molecule has 0 fully saturated rings. The minimum Gasteiger partial charge on any atom is -0.495 e. The summed E-state index contributed by atoms with van der Waals surface area (Å²) in [5.74, 6) is 1.96. The summed E-state index contributed by atoms with van der Waals surface area (Å²) in [6.45, 7) is 5.19. The minimum atomic E-state index is 0.577. The first-order valence-electron chi connectivity index (χ1n) is 6.89. The van der Waals surface area contributed by atoms with Gasteiger partial charge in [-0.05, 0) is 34.5 Å². The summed E-state index contributed by atoms with van der Waals surface area (Å²) < 4.78 is 7.09. The molecule has 1 heterocycles. The van der Waals surface area contributed by atoms with E-state index < -0.39 is 0 Å². The first-order valence-corrected chi connectivity index (χ1v) is 6.89. The molecule has 2 rings (SSSR count). The van der Waals surface area contributed by atoms with Gasteiger partial charge in [-0.25, -0.2) is 4.68 Å². The van der Waals surface area contributed by atoms with E-state index >= 15 is 0 Å². The second kappa shape index (κ2) is 6.36. The normalized spacial score (nSPS) is 11.0. The average Bonchev–Trinajstić information content (AvgIpc) is 2.93. The fourth-order valence-corrected chi connectivity index (χ4v) is 2.18. The maximum Gasteiger partial charge on any atom is 0.182 e. The number of methoxy groups -OCH3 is 1. The van der Waals surface area contributed by atoms with Crippen LogP contribution >= 0.6 is 0 Å². The van der Waals surface area contributed by atoms with Crippen LogP contribution in [0.3, 0.4) is 0 Å². The smallest absolute Gasteiger partial charge is 0.182 e. The van der Waals surface area contributed by atoms with Crippen LogP contribution in [0.5, 0.6) is 5.75 Å². The molecule has 0 aliphatic carbocycles. The predicted molar refractivity (Wildman–Crippen MR) is 78.3 cm³/mol. The van der Waals surface area contributed by atoms with Crippen LogP contribution in [0, 0.1) is 5.92 Å². The Morgan fingerprint density at radius 1 is 1.30 bits per heavy atom. The lowest BCUT2D eigenvalue weighted by Crippen LogP contribution is -2.12. The number of hydrogen-bond acceptors (Lipinski definition) is 5. The van der Waals surface area contributed by atoms with E-state index in [0.29, 0.717) is 17.4 Å². The van der Waals surface area contributed by atoms with Gasteiger partial charge in [0.15, 0.2) is 5.82 Å². The van der Waals surface area contributed by atoms with E-state index in [-0.39, 0.29) is 0 Å². The van der Waals surface area contributed by atoms with Gasteiger partial charge in [0.1, 0.15) is 5.75 Å². The van der Waals surface area contributed by atoms with E-state index in [9.17, 15) is 0 Å². The Morgan fingerprint density at radius 2 is 2.05 bits per heavy atom. The van der Waals surface area contributed by atoms with Crippen LogP contribution in [0.15, 0.2) is 18.2 Å². The summed E-state index contributed by atoms with van der Waals surface area (Å²) in [5, 5.41) is 12.0. The summed E-state index contributed by atoms with van der Waals surface area (Å²) in [4.78, 5) is 0. The molecule has 6 heteroatoms. The van der Waals surface area contributed by atoms with E-state index in [1.54, 1.807) is 7.11 Å². The molecule has 0 aliphatic rings. The molecule has 1 aromatic carbocycles. The number of aromatic nitrogens is 4. The minimum absolute atomic E-state index is 0.577. The Balaban J connectivity index is 2.32. The van der Waals surface area contributed by atoms with Gasteiger partial charge in [-0.3, -0.25) is 0 Å². The lowest BCUT2D eigenvalue weighted by Gasteiger charge is -2.13. The number of nitrogens with zero attached hydrogens (tertiary/aromatic N) is 4. The van der Waals surface area contributed by atoms with E-state index in [0.717, 1.165) is 30.8 Å². The van der Waals surface area contributed by atoms with E-state index in [4.69, 9.17) is 10.5 Å². The number of tetrazole rings is 1. The Kier molecular flexibility index (Phi) is 4.55. The summed E-state index contributed by atoms with van der Waals surface area (Å²) in [6, 6.07) is 5.59.